The molecule has 3 nitrogen and oxygen atoms in total. The standard InChI is InChI=1S/CH2O3.FH.Rb.Sr/c2-1(3)4;;;/h(H2,2,3,4);1H;;/q;;+1;+2/p-3. The number of halogens is 1. The fraction of sp³-hybridized carbons (Fsp3) is 0. The second-order valence-corrected chi connectivity index (χ2v) is 0.250. The van der Waals surface area contributed by atoms with Crippen molar-refractivity contribution in [2.45, 2.75) is 0 Å². The number of rotatable bonds is 0. The number of hydrogen-bond acceptors (Lipinski definition) is 3. The molecule has 0 radical (unpaired) electrons. The van der Waals surface area contributed by atoms with Gasteiger partial charge in [-0.1, -0.05) is 0 Å². The number of carbonyl (C=O) groups is 1. The molecule has 0 aliphatic carbocycles. The van der Waals surface area contributed by atoms with Gasteiger partial charge in [-0.05, 0) is 6.16 Å². The van der Waals surface area contributed by atoms with E-state index in [0.29, 0.717) is 0 Å². The van der Waals surface area contributed by atoms with Crippen molar-refractivity contribution in [1.82, 2.24) is 0 Å². The van der Waals surface area contributed by atoms with E-state index in [4.69, 9.17) is 15.0 Å². The molecule has 0 aromatic heterocycles. The quantitative estimate of drug-likeness (QED) is 0.402. The zero-order valence-corrected chi connectivity index (χ0v) is 12.2. The Morgan fingerprint density at radius 3 is 1.29 bits per heavy atom. The van der Waals surface area contributed by atoms with Gasteiger partial charge in [0.2, 0.25) is 0 Å². The van der Waals surface area contributed by atoms with Crippen LogP contribution in [0, 0.1) is 0 Å². The van der Waals surface area contributed by atoms with E-state index in [1.165, 1.54) is 0 Å². The Kier molecular flexibility index (Phi) is 51.2. The summed E-state index contributed by atoms with van der Waals surface area (Å²) in [4.78, 5) is 8.33. The third-order valence-corrected chi connectivity index (χ3v) is 0. The average molecular weight is 252 g/mol. The molecule has 0 fully saturated rings. The molecule has 0 heterocycles. The minimum Gasteiger partial charge on any atom is -1.00 e. The van der Waals surface area contributed by atoms with Gasteiger partial charge >= 0.3 is 104 Å². The van der Waals surface area contributed by atoms with E-state index in [1.807, 2.05) is 0 Å². The topological polar surface area (TPSA) is 63.2 Å². The first-order valence-electron chi connectivity index (χ1n) is 0.612. The molecule has 0 rings (SSSR count). The number of hydrogen-bond donors (Lipinski definition) is 0. The van der Waals surface area contributed by atoms with Crippen LogP contribution in [0.2, 0.25) is 0 Å². The Hall–Kier alpha value is 2.49. The fourth-order valence-electron chi connectivity index (χ4n) is 0. The van der Waals surface area contributed by atoms with E-state index in [1.54, 1.807) is 0 Å². The summed E-state index contributed by atoms with van der Waals surface area (Å²) < 4.78 is 0. The minimum atomic E-state index is -2.33. The van der Waals surface area contributed by atoms with Crippen LogP contribution < -0.4 is 73.1 Å². The zero-order chi connectivity index (χ0) is 3.58. The predicted octanol–water partition coefficient (Wildman–Crippen LogP) is -8.82. The van der Waals surface area contributed by atoms with Gasteiger partial charge in [0.05, 0.1) is 0 Å². The molecule has 0 saturated heterocycles. The SMILES string of the molecule is O=C([O-])[O-].[F-].[Rb+].[Sr+2]. The Balaban J connectivity index is -0.0000000150. The molecule has 0 bridgehead atoms. The summed E-state index contributed by atoms with van der Waals surface area (Å²) in [5.41, 5.74) is 0. The first-order valence-corrected chi connectivity index (χ1v) is 0.612. The fourth-order valence-corrected chi connectivity index (χ4v) is 0. The Morgan fingerprint density at radius 1 is 1.29 bits per heavy atom. The molecule has 0 N–H and O–H groups in total. The molecule has 0 aliphatic rings. The van der Waals surface area contributed by atoms with Gasteiger partial charge in [0.1, 0.15) is 0 Å². The second-order valence-electron chi connectivity index (χ2n) is 0.250. The molecular formula is CFO3RbSr. The van der Waals surface area contributed by atoms with Gasteiger partial charge in [0.15, 0.2) is 0 Å². The van der Waals surface area contributed by atoms with Crippen LogP contribution in [0.5, 0.6) is 0 Å². The van der Waals surface area contributed by atoms with Crippen LogP contribution in [0.25, 0.3) is 0 Å². The van der Waals surface area contributed by atoms with E-state index in [2.05, 4.69) is 0 Å². The van der Waals surface area contributed by atoms with Crippen LogP contribution in [0.15, 0.2) is 0 Å². The van der Waals surface area contributed by atoms with Gasteiger partial charge in [0, 0.05) is 0 Å². The van der Waals surface area contributed by atoms with E-state index < -0.39 is 6.16 Å². The Bertz CT molecular complexity index is 37.9. The van der Waals surface area contributed by atoms with Gasteiger partial charge in [-0.15, -0.1) is 0 Å². The summed E-state index contributed by atoms with van der Waals surface area (Å²) in [5.74, 6) is 0. The van der Waals surface area contributed by atoms with Crippen molar-refractivity contribution in [2.24, 2.45) is 0 Å². The monoisotopic (exact) mass is 252 g/mol. The van der Waals surface area contributed by atoms with Crippen LogP contribution >= 0.6 is 0 Å². The second kappa shape index (κ2) is 15.8. The molecule has 0 spiro atoms. The predicted molar refractivity (Wildman–Crippen MR) is 11.1 cm³/mol. The third kappa shape index (κ3) is 57.8. The van der Waals surface area contributed by atoms with Gasteiger partial charge in [-0.25, -0.2) is 0 Å². The molecule has 0 aromatic rings. The first-order chi connectivity index (χ1) is 1.73. The number of carboxylic acid groups (broad SMARTS) is 2. The first kappa shape index (κ1) is 22.7. The molecule has 0 unspecified atom stereocenters. The van der Waals surface area contributed by atoms with Crippen LogP contribution in [0.4, 0.5) is 4.79 Å². The summed E-state index contributed by atoms with van der Waals surface area (Å²) in [7, 11) is 0. The van der Waals surface area contributed by atoms with Crippen molar-refractivity contribution >= 4 is 51.6 Å². The molecular weight excluding hydrogens is 252 g/mol. The average Bonchev–Trinajstić information content (AvgIpc) is 0.811. The van der Waals surface area contributed by atoms with Crippen molar-refractivity contribution < 1.29 is 77.9 Å². The smallest absolute Gasteiger partial charge is 1.00 e. The maximum atomic E-state index is 8.33. The third-order valence-electron chi connectivity index (χ3n) is 0. The van der Waals surface area contributed by atoms with Crippen molar-refractivity contribution in [2.75, 3.05) is 0 Å². The Labute approximate surface area is 126 Å². The van der Waals surface area contributed by atoms with Gasteiger partial charge in [-0.2, -0.15) is 0 Å². The van der Waals surface area contributed by atoms with Crippen LogP contribution in [-0.4, -0.2) is 51.6 Å². The molecule has 0 atom stereocenters. The maximum absolute atomic E-state index is 8.33. The summed E-state index contributed by atoms with van der Waals surface area (Å²) in [6.45, 7) is 0. The van der Waals surface area contributed by atoms with E-state index in [9.17, 15) is 0 Å². The normalized spacial score (nSPS) is 3.43. The summed E-state index contributed by atoms with van der Waals surface area (Å²) in [5, 5.41) is 16.7. The molecule has 0 saturated carbocycles. The molecule has 0 amide bonds. The number of carbonyl (C=O) groups excluding carboxylic acids is 1. The van der Waals surface area contributed by atoms with Crippen molar-refractivity contribution in [3.8, 4) is 0 Å². The Morgan fingerprint density at radius 2 is 1.29 bits per heavy atom. The summed E-state index contributed by atoms with van der Waals surface area (Å²) >= 11 is 0. The van der Waals surface area contributed by atoms with Crippen molar-refractivity contribution in [3.05, 3.63) is 0 Å². The van der Waals surface area contributed by atoms with Crippen LogP contribution in [-0.2, 0) is 0 Å². The summed E-state index contributed by atoms with van der Waals surface area (Å²) in [6, 6.07) is 0. The largest absolute Gasteiger partial charge is 2.00 e. The van der Waals surface area contributed by atoms with Gasteiger partial charge in [-0.3, -0.25) is 0 Å². The van der Waals surface area contributed by atoms with Crippen LogP contribution in [0.3, 0.4) is 0 Å². The van der Waals surface area contributed by atoms with E-state index >= 15 is 0 Å². The summed E-state index contributed by atoms with van der Waals surface area (Å²) in [6.07, 6.45) is -2.33. The van der Waals surface area contributed by atoms with E-state index in [-0.39, 0.29) is 108 Å². The zero-order valence-electron chi connectivity index (χ0n) is 3.81. The molecule has 32 valence electrons. The van der Waals surface area contributed by atoms with E-state index in [0.717, 1.165) is 0 Å². The van der Waals surface area contributed by atoms with Crippen molar-refractivity contribution in [1.29, 1.82) is 0 Å². The molecule has 0 aliphatic heterocycles. The van der Waals surface area contributed by atoms with Crippen molar-refractivity contribution in [3.63, 3.8) is 0 Å². The van der Waals surface area contributed by atoms with Gasteiger partial charge < -0.3 is 19.7 Å². The van der Waals surface area contributed by atoms with Gasteiger partial charge in [0.25, 0.3) is 0 Å². The molecule has 0 aromatic carbocycles. The van der Waals surface area contributed by atoms with Crippen LogP contribution in [0.1, 0.15) is 0 Å². The molecule has 7 heavy (non-hydrogen) atoms. The minimum absolute atomic E-state index is 0. The molecule has 6 heteroatoms. The maximum Gasteiger partial charge on any atom is 2.00 e.